The number of allylic oxidation sites excluding steroid dienone is 1. The van der Waals surface area contributed by atoms with E-state index in [1.165, 1.54) is 5.57 Å². The Morgan fingerprint density at radius 3 is 2.94 bits per heavy atom. The first-order valence-electron chi connectivity index (χ1n) is 6.82. The zero-order valence-electron chi connectivity index (χ0n) is 11.1. The smallest absolute Gasteiger partial charge is 0.244 e. The molecule has 0 bridgehead atoms. The number of carbonyl (C=O) groups is 1. The van der Waals surface area contributed by atoms with E-state index < -0.39 is 0 Å². The third-order valence-electron chi connectivity index (χ3n) is 4.23. The van der Waals surface area contributed by atoms with Gasteiger partial charge < -0.3 is 10.4 Å². The van der Waals surface area contributed by atoms with Gasteiger partial charge in [-0.3, -0.25) is 4.79 Å². The van der Waals surface area contributed by atoms with Gasteiger partial charge in [0.25, 0.3) is 0 Å². The molecule has 2 fully saturated rings. The molecule has 2 aliphatic rings. The lowest BCUT2D eigenvalue weighted by Crippen LogP contribution is -2.44. The standard InChI is InChI=1S/C14H23NO2S/c1-14(10-16)6-2-3-12(14)15-13(17)9-11-4-7-18-8-5-11/h9,12,16H,2-8,10H2,1H3,(H,15,17). The molecule has 1 saturated heterocycles. The van der Waals surface area contributed by atoms with Crippen molar-refractivity contribution in [2.24, 2.45) is 5.41 Å². The van der Waals surface area contributed by atoms with Crippen molar-refractivity contribution < 1.29 is 9.90 Å². The number of rotatable bonds is 3. The highest BCUT2D eigenvalue weighted by Gasteiger charge is 2.38. The molecule has 1 aliphatic carbocycles. The van der Waals surface area contributed by atoms with Crippen LogP contribution in [0.2, 0.25) is 0 Å². The van der Waals surface area contributed by atoms with Gasteiger partial charge in [-0.15, -0.1) is 0 Å². The summed E-state index contributed by atoms with van der Waals surface area (Å²) in [7, 11) is 0. The number of hydrogen-bond acceptors (Lipinski definition) is 3. The lowest BCUT2D eigenvalue weighted by molar-refractivity contribution is -0.118. The highest BCUT2D eigenvalue weighted by Crippen LogP contribution is 2.37. The molecule has 4 heteroatoms. The molecule has 3 nitrogen and oxygen atoms in total. The Labute approximate surface area is 113 Å². The molecule has 0 aromatic heterocycles. The molecule has 2 atom stereocenters. The largest absolute Gasteiger partial charge is 0.396 e. The number of amides is 1. The molecule has 0 aromatic carbocycles. The molecule has 1 heterocycles. The van der Waals surface area contributed by atoms with Crippen LogP contribution < -0.4 is 5.32 Å². The molecule has 102 valence electrons. The molecule has 1 saturated carbocycles. The van der Waals surface area contributed by atoms with Crippen LogP contribution in [-0.2, 0) is 4.79 Å². The Morgan fingerprint density at radius 1 is 1.56 bits per heavy atom. The van der Waals surface area contributed by atoms with Gasteiger partial charge in [0.2, 0.25) is 5.91 Å². The predicted molar refractivity (Wildman–Crippen MR) is 75.6 cm³/mol. The van der Waals surface area contributed by atoms with E-state index in [0.717, 1.165) is 43.6 Å². The summed E-state index contributed by atoms with van der Waals surface area (Å²) in [5, 5.41) is 12.5. The number of aliphatic hydroxyl groups is 1. The van der Waals surface area contributed by atoms with Crippen molar-refractivity contribution in [2.75, 3.05) is 18.1 Å². The van der Waals surface area contributed by atoms with E-state index in [4.69, 9.17) is 0 Å². The van der Waals surface area contributed by atoms with E-state index in [-0.39, 0.29) is 24.0 Å². The summed E-state index contributed by atoms with van der Waals surface area (Å²) in [6.07, 6.45) is 6.95. The van der Waals surface area contributed by atoms with Gasteiger partial charge in [0.05, 0.1) is 6.61 Å². The minimum atomic E-state index is -0.128. The van der Waals surface area contributed by atoms with Gasteiger partial charge in [-0.2, -0.15) is 11.8 Å². The van der Waals surface area contributed by atoms with Gasteiger partial charge >= 0.3 is 0 Å². The number of thioether (sulfide) groups is 1. The van der Waals surface area contributed by atoms with Crippen LogP contribution in [0.3, 0.4) is 0 Å². The van der Waals surface area contributed by atoms with Gasteiger partial charge in [-0.05, 0) is 37.2 Å². The maximum absolute atomic E-state index is 12.0. The van der Waals surface area contributed by atoms with E-state index in [2.05, 4.69) is 12.2 Å². The molecule has 1 aliphatic heterocycles. The van der Waals surface area contributed by atoms with Crippen LogP contribution in [0.15, 0.2) is 11.6 Å². The Bertz CT molecular complexity index is 335. The second-order valence-electron chi connectivity index (χ2n) is 5.68. The zero-order chi connectivity index (χ0) is 13.0. The fourth-order valence-corrected chi connectivity index (χ4v) is 3.86. The third-order valence-corrected chi connectivity index (χ3v) is 5.22. The summed E-state index contributed by atoms with van der Waals surface area (Å²) in [5.41, 5.74) is 1.14. The fourth-order valence-electron chi connectivity index (χ4n) is 2.85. The van der Waals surface area contributed by atoms with E-state index in [1.54, 1.807) is 6.08 Å². The SMILES string of the molecule is CC1(CO)CCCC1NC(=O)C=C1CCSCC1. The monoisotopic (exact) mass is 269 g/mol. The Hall–Kier alpha value is -0.480. The van der Waals surface area contributed by atoms with Gasteiger partial charge in [0.15, 0.2) is 0 Å². The van der Waals surface area contributed by atoms with E-state index in [9.17, 15) is 9.90 Å². The molecule has 0 spiro atoms. The molecular formula is C14H23NO2S. The van der Waals surface area contributed by atoms with Crippen molar-refractivity contribution in [3.63, 3.8) is 0 Å². The van der Waals surface area contributed by atoms with Crippen molar-refractivity contribution in [3.8, 4) is 0 Å². The molecule has 2 N–H and O–H groups in total. The minimum absolute atomic E-state index is 0.0310. The Kier molecular flexibility index (Phi) is 4.73. The Morgan fingerprint density at radius 2 is 2.28 bits per heavy atom. The maximum Gasteiger partial charge on any atom is 0.244 e. The summed E-state index contributed by atoms with van der Waals surface area (Å²) in [6, 6.07) is 0.129. The maximum atomic E-state index is 12.0. The summed E-state index contributed by atoms with van der Waals surface area (Å²) in [6.45, 7) is 2.22. The second kappa shape index (κ2) is 6.11. The summed E-state index contributed by atoms with van der Waals surface area (Å²) in [4.78, 5) is 12.0. The highest BCUT2D eigenvalue weighted by molar-refractivity contribution is 7.99. The number of hydrogen-bond donors (Lipinski definition) is 2. The zero-order valence-corrected chi connectivity index (χ0v) is 11.9. The van der Waals surface area contributed by atoms with Gasteiger partial charge in [0, 0.05) is 17.5 Å². The molecule has 0 aromatic rings. The quantitative estimate of drug-likeness (QED) is 0.772. The third kappa shape index (κ3) is 3.29. The van der Waals surface area contributed by atoms with Crippen LogP contribution in [-0.4, -0.2) is 35.2 Å². The average molecular weight is 269 g/mol. The first-order valence-corrected chi connectivity index (χ1v) is 7.98. The van der Waals surface area contributed by atoms with Crippen LogP contribution in [0.5, 0.6) is 0 Å². The van der Waals surface area contributed by atoms with E-state index in [0.29, 0.717) is 0 Å². The summed E-state index contributed by atoms with van der Waals surface area (Å²) in [5.74, 6) is 2.30. The average Bonchev–Trinajstić information content (AvgIpc) is 2.73. The molecule has 1 amide bonds. The second-order valence-corrected chi connectivity index (χ2v) is 6.91. The summed E-state index contributed by atoms with van der Waals surface area (Å²) >= 11 is 1.96. The number of carbonyl (C=O) groups excluding carboxylic acids is 1. The minimum Gasteiger partial charge on any atom is -0.396 e. The van der Waals surface area contributed by atoms with E-state index >= 15 is 0 Å². The van der Waals surface area contributed by atoms with Crippen LogP contribution in [0, 0.1) is 5.41 Å². The lowest BCUT2D eigenvalue weighted by atomic mass is 9.86. The molecule has 0 radical (unpaired) electrons. The number of aliphatic hydroxyl groups excluding tert-OH is 1. The van der Waals surface area contributed by atoms with Crippen molar-refractivity contribution in [2.45, 2.75) is 45.1 Å². The first-order chi connectivity index (χ1) is 8.64. The van der Waals surface area contributed by atoms with Crippen LogP contribution in [0.1, 0.15) is 39.0 Å². The topological polar surface area (TPSA) is 49.3 Å². The summed E-state index contributed by atoms with van der Waals surface area (Å²) < 4.78 is 0. The van der Waals surface area contributed by atoms with Gasteiger partial charge in [-0.25, -0.2) is 0 Å². The fraction of sp³-hybridized carbons (Fsp3) is 0.786. The van der Waals surface area contributed by atoms with Crippen molar-refractivity contribution in [1.82, 2.24) is 5.32 Å². The molecule has 2 unspecified atom stereocenters. The van der Waals surface area contributed by atoms with Crippen molar-refractivity contribution in [1.29, 1.82) is 0 Å². The Balaban J connectivity index is 1.90. The number of nitrogens with one attached hydrogen (secondary N) is 1. The predicted octanol–water partition coefficient (Wildman–Crippen LogP) is 2.11. The molecule has 18 heavy (non-hydrogen) atoms. The van der Waals surface area contributed by atoms with E-state index in [1.807, 2.05) is 11.8 Å². The van der Waals surface area contributed by atoms with Crippen LogP contribution in [0.25, 0.3) is 0 Å². The van der Waals surface area contributed by atoms with Crippen molar-refractivity contribution >= 4 is 17.7 Å². The molecule has 2 rings (SSSR count). The normalized spacial score (nSPS) is 32.3. The van der Waals surface area contributed by atoms with Crippen molar-refractivity contribution in [3.05, 3.63) is 11.6 Å². The van der Waals surface area contributed by atoms with Crippen LogP contribution in [0.4, 0.5) is 0 Å². The van der Waals surface area contributed by atoms with Gasteiger partial charge in [-0.1, -0.05) is 18.9 Å². The highest BCUT2D eigenvalue weighted by atomic mass is 32.2. The van der Waals surface area contributed by atoms with Crippen LogP contribution >= 0.6 is 11.8 Å². The molecular weight excluding hydrogens is 246 g/mol. The lowest BCUT2D eigenvalue weighted by Gasteiger charge is -2.29. The first kappa shape index (κ1) is 13.9. The van der Waals surface area contributed by atoms with Gasteiger partial charge in [0.1, 0.15) is 0 Å².